The summed E-state index contributed by atoms with van der Waals surface area (Å²) < 4.78 is 7.84. The molecule has 1 aromatic heterocycles. The summed E-state index contributed by atoms with van der Waals surface area (Å²) in [4.78, 5) is 4.16. The Bertz CT molecular complexity index is 545. The lowest BCUT2D eigenvalue weighted by Gasteiger charge is -2.33. The fraction of sp³-hybridized carbons (Fsp3) is 0.714. The van der Waals surface area contributed by atoms with E-state index in [0.29, 0.717) is 12.5 Å². The number of imidazole rings is 1. The first kappa shape index (κ1) is 11.4. The van der Waals surface area contributed by atoms with Gasteiger partial charge in [-0.3, -0.25) is 0 Å². The summed E-state index contributed by atoms with van der Waals surface area (Å²) in [5.41, 5.74) is -0.00419. The highest BCUT2D eigenvalue weighted by molar-refractivity contribution is 5.22. The molecule has 3 fully saturated rings. The number of nitriles is 1. The Morgan fingerprint density at radius 1 is 1.47 bits per heavy atom. The van der Waals surface area contributed by atoms with E-state index in [2.05, 4.69) is 11.1 Å². The third-order valence-corrected chi connectivity index (χ3v) is 4.86. The molecule has 3 heterocycles. The molecule has 4 atom stereocenters. The van der Waals surface area contributed by atoms with Gasteiger partial charge in [0, 0.05) is 6.04 Å². The molecule has 2 saturated heterocycles. The average molecular weight is 259 g/mol. The van der Waals surface area contributed by atoms with Gasteiger partial charge in [-0.1, -0.05) is 0 Å². The van der Waals surface area contributed by atoms with Gasteiger partial charge in [0.1, 0.15) is 11.5 Å². The Kier molecular flexibility index (Phi) is 2.30. The molecule has 5 heteroatoms. The molecule has 0 amide bonds. The van der Waals surface area contributed by atoms with Crippen LogP contribution in [0.3, 0.4) is 0 Å². The predicted octanol–water partition coefficient (Wildman–Crippen LogP) is 1.71. The summed E-state index contributed by atoms with van der Waals surface area (Å²) in [7, 11) is 0. The number of nitrogens with zero attached hydrogens (tertiary/aromatic N) is 3. The lowest BCUT2D eigenvalue weighted by Crippen LogP contribution is -2.38. The molecule has 2 aliphatic heterocycles. The number of aliphatic hydroxyl groups is 1. The van der Waals surface area contributed by atoms with Gasteiger partial charge in [0.2, 0.25) is 0 Å². The summed E-state index contributed by atoms with van der Waals surface area (Å²) in [5.74, 6) is 0. The first-order valence-corrected chi connectivity index (χ1v) is 7.01. The maximum Gasteiger partial charge on any atom is 0.117 e. The summed E-state index contributed by atoms with van der Waals surface area (Å²) in [5, 5.41) is 20.4. The van der Waals surface area contributed by atoms with Crippen LogP contribution in [0.25, 0.3) is 0 Å². The van der Waals surface area contributed by atoms with E-state index in [4.69, 9.17) is 4.74 Å². The van der Waals surface area contributed by atoms with E-state index in [1.807, 2.05) is 4.57 Å². The molecule has 1 aliphatic carbocycles. The summed E-state index contributed by atoms with van der Waals surface area (Å²) in [6, 6.07) is 2.83. The first-order chi connectivity index (χ1) is 9.24. The van der Waals surface area contributed by atoms with Crippen LogP contribution in [0.2, 0.25) is 0 Å². The van der Waals surface area contributed by atoms with Gasteiger partial charge in [-0.05, 0) is 32.1 Å². The van der Waals surface area contributed by atoms with Gasteiger partial charge in [-0.25, -0.2) is 4.98 Å². The van der Waals surface area contributed by atoms with Gasteiger partial charge in [-0.2, -0.15) is 5.26 Å². The Morgan fingerprint density at radius 2 is 2.32 bits per heavy atom. The predicted molar refractivity (Wildman–Crippen MR) is 66.0 cm³/mol. The average Bonchev–Trinajstić information content (AvgIpc) is 2.91. The van der Waals surface area contributed by atoms with Crippen molar-refractivity contribution in [2.24, 2.45) is 5.41 Å². The van der Waals surface area contributed by atoms with Crippen LogP contribution in [-0.2, 0) is 4.74 Å². The lowest BCUT2D eigenvalue weighted by atomic mass is 9.70. The smallest absolute Gasteiger partial charge is 0.117 e. The van der Waals surface area contributed by atoms with Crippen LogP contribution in [-0.4, -0.2) is 26.9 Å². The van der Waals surface area contributed by atoms with Crippen LogP contribution in [0, 0.1) is 16.7 Å². The molecule has 4 rings (SSSR count). The van der Waals surface area contributed by atoms with E-state index >= 15 is 0 Å². The van der Waals surface area contributed by atoms with Crippen molar-refractivity contribution in [1.82, 2.24) is 9.55 Å². The molecule has 3 aliphatic rings. The maximum atomic E-state index is 10.8. The highest BCUT2D eigenvalue weighted by Gasteiger charge is 2.58. The van der Waals surface area contributed by atoms with E-state index in [1.54, 1.807) is 12.5 Å². The van der Waals surface area contributed by atoms with Crippen molar-refractivity contribution in [3.05, 3.63) is 18.2 Å². The van der Waals surface area contributed by atoms with Crippen molar-refractivity contribution in [3.63, 3.8) is 0 Å². The Morgan fingerprint density at radius 3 is 2.89 bits per heavy atom. The quantitative estimate of drug-likeness (QED) is 0.897. The number of ether oxygens (including phenoxy) is 1. The normalized spacial score (nSPS) is 38.3. The van der Waals surface area contributed by atoms with E-state index in [-0.39, 0.29) is 12.2 Å². The zero-order valence-corrected chi connectivity index (χ0v) is 10.7. The molecule has 0 radical (unpaired) electrons. The minimum Gasteiger partial charge on any atom is -0.385 e. The van der Waals surface area contributed by atoms with Crippen LogP contribution in [0.5, 0.6) is 0 Å². The molecule has 1 saturated carbocycles. The van der Waals surface area contributed by atoms with Crippen molar-refractivity contribution < 1.29 is 9.84 Å². The molecule has 4 unspecified atom stereocenters. The SMILES string of the molecule is N#CC1(C(O)c2cncn2C2CC2)CC2CCC1O2. The van der Waals surface area contributed by atoms with Crippen LogP contribution in [0.1, 0.15) is 49.9 Å². The van der Waals surface area contributed by atoms with Gasteiger partial charge < -0.3 is 14.4 Å². The second kappa shape index (κ2) is 3.81. The largest absolute Gasteiger partial charge is 0.385 e. The molecular weight excluding hydrogens is 242 g/mol. The van der Waals surface area contributed by atoms with Crippen molar-refractivity contribution in [1.29, 1.82) is 5.26 Å². The van der Waals surface area contributed by atoms with Gasteiger partial charge >= 0.3 is 0 Å². The number of hydrogen-bond acceptors (Lipinski definition) is 4. The van der Waals surface area contributed by atoms with Gasteiger partial charge in [0.15, 0.2) is 0 Å². The lowest BCUT2D eigenvalue weighted by molar-refractivity contribution is -0.000578. The molecular formula is C14H17N3O2. The molecule has 2 bridgehead atoms. The number of aliphatic hydroxyl groups excluding tert-OH is 1. The highest BCUT2D eigenvalue weighted by atomic mass is 16.5. The molecule has 0 aromatic carbocycles. The molecule has 0 spiro atoms. The van der Waals surface area contributed by atoms with E-state index in [9.17, 15) is 10.4 Å². The van der Waals surface area contributed by atoms with Crippen molar-refractivity contribution >= 4 is 0 Å². The Balaban J connectivity index is 1.70. The van der Waals surface area contributed by atoms with Crippen molar-refractivity contribution in [2.45, 2.75) is 56.5 Å². The van der Waals surface area contributed by atoms with Gasteiger partial charge in [0.25, 0.3) is 0 Å². The number of hydrogen-bond donors (Lipinski definition) is 1. The fourth-order valence-corrected chi connectivity index (χ4v) is 3.66. The third kappa shape index (κ3) is 1.50. The monoisotopic (exact) mass is 259 g/mol. The third-order valence-electron chi connectivity index (χ3n) is 4.86. The highest BCUT2D eigenvalue weighted by Crippen LogP contribution is 2.54. The van der Waals surface area contributed by atoms with Crippen LogP contribution >= 0.6 is 0 Å². The molecule has 100 valence electrons. The first-order valence-electron chi connectivity index (χ1n) is 7.01. The van der Waals surface area contributed by atoms with E-state index in [1.165, 1.54) is 0 Å². The minimum atomic E-state index is -0.795. The van der Waals surface area contributed by atoms with Crippen LogP contribution in [0.4, 0.5) is 0 Å². The zero-order chi connectivity index (χ0) is 13.0. The second-order valence-corrected chi connectivity index (χ2v) is 6.04. The minimum absolute atomic E-state index is 0.125. The molecule has 1 aromatic rings. The summed E-state index contributed by atoms with van der Waals surface area (Å²) in [6.07, 6.45) is 7.52. The van der Waals surface area contributed by atoms with E-state index < -0.39 is 11.5 Å². The molecule has 5 nitrogen and oxygen atoms in total. The fourth-order valence-electron chi connectivity index (χ4n) is 3.66. The summed E-state index contributed by atoms with van der Waals surface area (Å²) >= 11 is 0. The molecule has 19 heavy (non-hydrogen) atoms. The van der Waals surface area contributed by atoms with Crippen LogP contribution < -0.4 is 0 Å². The van der Waals surface area contributed by atoms with Crippen molar-refractivity contribution in [2.75, 3.05) is 0 Å². The second-order valence-electron chi connectivity index (χ2n) is 6.04. The number of rotatable bonds is 3. The number of aromatic nitrogens is 2. The Labute approximate surface area is 111 Å². The Hall–Kier alpha value is -1.38. The summed E-state index contributed by atoms with van der Waals surface area (Å²) in [6.45, 7) is 0. The molecule has 1 N–H and O–H groups in total. The van der Waals surface area contributed by atoms with Crippen molar-refractivity contribution in [3.8, 4) is 6.07 Å². The van der Waals surface area contributed by atoms with Gasteiger partial charge in [-0.15, -0.1) is 0 Å². The maximum absolute atomic E-state index is 10.8. The standard InChI is InChI=1S/C14H17N3O2/c15-7-14(5-10-3-4-12(14)19-10)13(18)11-6-16-8-17(11)9-1-2-9/h6,8-10,12-13,18H,1-5H2. The van der Waals surface area contributed by atoms with E-state index in [0.717, 1.165) is 31.4 Å². The topological polar surface area (TPSA) is 71.1 Å². The zero-order valence-electron chi connectivity index (χ0n) is 10.7. The van der Waals surface area contributed by atoms with Crippen LogP contribution in [0.15, 0.2) is 12.5 Å². The number of fused-ring (bicyclic) bond motifs is 2. The van der Waals surface area contributed by atoms with Gasteiger partial charge in [0.05, 0.1) is 36.5 Å².